The lowest BCUT2D eigenvalue weighted by atomic mass is 10.1. The molecule has 0 fully saturated rings. The zero-order valence-electron chi connectivity index (χ0n) is 20.4. The van der Waals surface area contributed by atoms with Crippen LogP contribution in [-0.2, 0) is 13.1 Å². The normalized spacial score (nSPS) is 11.4. The van der Waals surface area contributed by atoms with E-state index in [2.05, 4.69) is 89.6 Å². The Morgan fingerprint density at radius 3 is 1.47 bits per heavy atom. The van der Waals surface area contributed by atoms with Crippen LogP contribution in [0.4, 0.5) is 0 Å². The van der Waals surface area contributed by atoms with Crippen molar-refractivity contribution in [2.24, 2.45) is 0 Å². The molecule has 0 aliphatic rings. The number of nitrogens with zero attached hydrogens (tertiary/aromatic N) is 8. The Kier molecular flexibility index (Phi) is 12.1. The second-order valence-corrected chi connectivity index (χ2v) is 10.8. The maximum Gasteiger partial charge on any atom is 0.145 e. The number of halogens is 2. The van der Waals surface area contributed by atoms with E-state index in [1.165, 1.54) is 64.2 Å². The second kappa shape index (κ2) is 15.0. The molecule has 8 nitrogen and oxygen atoms in total. The summed E-state index contributed by atoms with van der Waals surface area (Å²) in [6.07, 6.45) is 16.7. The number of aromatic nitrogens is 8. The van der Waals surface area contributed by atoms with E-state index in [0.717, 1.165) is 56.1 Å². The lowest BCUT2D eigenvalue weighted by Gasteiger charge is -2.04. The van der Waals surface area contributed by atoms with Gasteiger partial charge in [-0.3, -0.25) is 0 Å². The molecule has 0 atom stereocenters. The van der Waals surface area contributed by atoms with Gasteiger partial charge in [-0.2, -0.15) is 0 Å². The van der Waals surface area contributed by atoms with Gasteiger partial charge in [-0.1, -0.05) is 88.5 Å². The SMILES string of the molecule is CCCCCCCCn1nnc(-c2cc(-c3nnn(CCCCCCCC)c3I)ncn2)c1I. The molecule has 34 heavy (non-hydrogen) atoms. The summed E-state index contributed by atoms with van der Waals surface area (Å²) in [6, 6.07) is 1.95. The quantitative estimate of drug-likeness (QED) is 0.120. The Bertz CT molecular complexity index is 925. The summed E-state index contributed by atoms with van der Waals surface area (Å²) in [5, 5.41) is 17.6. The van der Waals surface area contributed by atoms with Crippen LogP contribution in [0, 0.1) is 7.40 Å². The van der Waals surface area contributed by atoms with Crippen LogP contribution in [-0.4, -0.2) is 40.0 Å². The van der Waals surface area contributed by atoms with Crippen molar-refractivity contribution in [3.8, 4) is 22.8 Å². The Balaban J connectivity index is 1.61. The number of rotatable bonds is 16. The van der Waals surface area contributed by atoms with E-state index in [1.807, 2.05) is 15.4 Å². The Hall–Kier alpha value is -1.18. The van der Waals surface area contributed by atoms with Crippen molar-refractivity contribution >= 4 is 45.2 Å². The van der Waals surface area contributed by atoms with Crippen molar-refractivity contribution in [3.63, 3.8) is 0 Å². The minimum Gasteiger partial charge on any atom is -0.238 e. The first-order chi connectivity index (χ1) is 16.7. The van der Waals surface area contributed by atoms with E-state index >= 15 is 0 Å². The molecular formula is C24H36I2N8. The van der Waals surface area contributed by atoms with Crippen LogP contribution in [0.5, 0.6) is 0 Å². The summed E-state index contributed by atoms with van der Waals surface area (Å²) in [6.45, 7) is 6.27. The predicted octanol–water partition coefficient (Wildman–Crippen LogP) is 6.92. The largest absolute Gasteiger partial charge is 0.238 e. The molecule has 186 valence electrons. The summed E-state index contributed by atoms with van der Waals surface area (Å²) in [5.74, 6) is 0. The Labute approximate surface area is 230 Å². The van der Waals surface area contributed by atoms with Gasteiger partial charge in [-0.25, -0.2) is 19.3 Å². The van der Waals surface area contributed by atoms with Crippen LogP contribution in [0.2, 0.25) is 0 Å². The van der Waals surface area contributed by atoms with Gasteiger partial charge in [0.1, 0.15) is 25.1 Å². The topological polar surface area (TPSA) is 87.2 Å². The van der Waals surface area contributed by atoms with Crippen LogP contribution < -0.4 is 0 Å². The van der Waals surface area contributed by atoms with Crippen molar-refractivity contribution in [1.82, 2.24) is 40.0 Å². The first-order valence-corrected chi connectivity index (χ1v) is 14.8. The third-order valence-corrected chi connectivity index (χ3v) is 8.08. The molecule has 0 amide bonds. The van der Waals surface area contributed by atoms with E-state index in [0.29, 0.717) is 0 Å². The minimum atomic E-state index is 0.768. The zero-order chi connectivity index (χ0) is 24.2. The number of aryl methyl sites for hydroxylation is 2. The molecule has 0 aromatic carbocycles. The van der Waals surface area contributed by atoms with Gasteiger partial charge >= 0.3 is 0 Å². The molecule has 3 rings (SSSR count). The van der Waals surface area contributed by atoms with Gasteiger partial charge in [-0.15, -0.1) is 10.2 Å². The molecule has 0 aliphatic carbocycles. The predicted molar refractivity (Wildman–Crippen MR) is 152 cm³/mol. The number of hydrogen-bond donors (Lipinski definition) is 0. The third-order valence-electron chi connectivity index (χ3n) is 5.95. The molecule has 0 radical (unpaired) electrons. The molecule has 0 aliphatic heterocycles. The van der Waals surface area contributed by atoms with E-state index < -0.39 is 0 Å². The van der Waals surface area contributed by atoms with E-state index in [9.17, 15) is 0 Å². The molecule has 3 aromatic heterocycles. The average Bonchev–Trinajstić information content (AvgIpc) is 3.40. The molecule has 3 heterocycles. The van der Waals surface area contributed by atoms with Crippen LogP contribution >= 0.6 is 45.2 Å². The fourth-order valence-corrected chi connectivity index (χ4v) is 5.35. The van der Waals surface area contributed by atoms with Crippen LogP contribution in [0.25, 0.3) is 22.8 Å². The summed E-state index contributed by atoms with van der Waals surface area (Å²) < 4.78 is 5.99. The summed E-state index contributed by atoms with van der Waals surface area (Å²) in [4.78, 5) is 8.94. The highest BCUT2D eigenvalue weighted by molar-refractivity contribution is 14.1. The fourth-order valence-electron chi connectivity index (χ4n) is 3.90. The summed E-state index contributed by atoms with van der Waals surface area (Å²) in [5.41, 5.74) is 3.13. The zero-order valence-corrected chi connectivity index (χ0v) is 24.7. The lowest BCUT2D eigenvalue weighted by Crippen LogP contribution is -2.03. The Morgan fingerprint density at radius 2 is 1.03 bits per heavy atom. The van der Waals surface area contributed by atoms with Crippen LogP contribution in [0.3, 0.4) is 0 Å². The monoisotopic (exact) mass is 690 g/mol. The lowest BCUT2D eigenvalue weighted by molar-refractivity contribution is 0.510. The van der Waals surface area contributed by atoms with Gasteiger partial charge in [-0.05, 0) is 64.1 Å². The molecule has 0 N–H and O–H groups in total. The molecule has 0 bridgehead atoms. The van der Waals surface area contributed by atoms with Crippen LogP contribution in [0.1, 0.15) is 90.9 Å². The van der Waals surface area contributed by atoms with E-state index in [1.54, 1.807) is 6.33 Å². The van der Waals surface area contributed by atoms with Gasteiger partial charge in [0.05, 0.1) is 11.4 Å². The van der Waals surface area contributed by atoms with Crippen molar-refractivity contribution in [2.75, 3.05) is 0 Å². The highest BCUT2D eigenvalue weighted by atomic mass is 127. The van der Waals surface area contributed by atoms with Gasteiger partial charge in [0.25, 0.3) is 0 Å². The standard InChI is InChI=1S/C24H36I2N8/c1-3-5-7-9-11-13-15-33-23(25)21(29-31-33)19-17-20(28-18-27-19)22-24(26)34(32-30-22)16-14-12-10-8-6-4-2/h17-18H,3-16H2,1-2H3. The van der Waals surface area contributed by atoms with Gasteiger partial charge in [0.15, 0.2) is 0 Å². The van der Waals surface area contributed by atoms with Gasteiger partial charge < -0.3 is 0 Å². The molecule has 0 unspecified atom stereocenters. The number of hydrogen-bond acceptors (Lipinski definition) is 6. The third kappa shape index (κ3) is 7.92. The summed E-state index contributed by atoms with van der Waals surface area (Å²) in [7, 11) is 0. The molecule has 0 spiro atoms. The maximum atomic E-state index is 4.47. The highest BCUT2D eigenvalue weighted by Crippen LogP contribution is 2.26. The first kappa shape index (κ1) is 27.4. The molecule has 0 saturated heterocycles. The van der Waals surface area contributed by atoms with E-state index in [-0.39, 0.29) is 0 Å². The fraction of sp³-hybridized carbons (Fsp3) is 0.667. The smallest absolute Gasteiger partial charge is 0.145 e. The number of unbranched alkanes of at least 4 members (excludes halogenated alkanes) is 10. The molecule has 0 saturated carbocycles. The summed E-state index contributed by atoms with van der Waals surface area (Å²) >= 11 is 4.64. The first-order valence-electron chi connectivity index (χ1n) is 12.7. The minimum absolute atomic E-state index is 0.768. The van der Waals surface area contributed by atoms with Crippen molar-refractivity contribution in [2.45, 2.75) is 104 Å². The molecule has 3 aromatic rings. The van der Waals surface area contributed by atoms with Gasteiger partial charge in [0.2, 0.25) is 0 Å². The molecular weight excluding hydrogens is 654 g/mol. The van der Waals surface area contributed by atoms with Crippen molar-refractivity contribution in [1.29, 1.82) is 0 Å². The van der Waals surface area contributed by atoms with Crippen molar-refractivity contribution < 1.29 is 0 Å². The molecule has 10 heteroatoms. The van der Waals surface area contributed by atoms with Gasteiger partial charge in [0, 0.05) is 13.1 Å². The maximum absolute atomic E-state index is 4.47. The highest BCUT2D eigenvalue weighted by Gasteiger charge is 2.18. The van der Waals surface area contributed by atoms with E-state index in [4.69, 9.17) is 0 Å². The Morgan fingerprint density at radius 1 is 0.618 bits per heavy atom. The second-order valence-electron chi connectivity index (χ2n) is 8.73. The average molecular weight is 690 g/mol. The van der Waals surface area contributed by atoms with Crippen molar-refractivity contribution in [3.05, 3.63) is 19.8 Å². The van der Waals surface area contributed by atoms with Crippen LogP contribution in [0.15, 0.2) is 12.4 Å².